The molecule has 1 aliphatic rings. The van der Waals surface area contributed by atoms with Gasteiger partial charge in [-0.15, -0.1) is 0 Å². The summed E-state index contributed by atoms with van der Waals surface area (Å²) in [5, 5.41) is 2.95. The second-order valence-electron chi connectivity index (χ2n) is 9.67. The van der Waals surface area contributed by atoms with E-state index in [1.54, 1.807) is 23.4 Å². The van der Waals surface area contributed by atoms with Crippen LogP contribution in [0.1, 0.15) is 57.6 Å². The Morgan fingerprint density at radius 3 is 2.17 bits per heavy atom. The van der Waals surface area contributed by atoms with E-state index >= 15 is 0 Å². The first-order valence-corrected chi connectivity index (χ1v) is 13.7. The summed E-state index contributed by atoms with van der Waals surface area (Å²) in [6.45, 7) is 10.5. The monoisotopic (exact) mass is 499 g/mol. The van der Waals surface area contributed by atoms with Crippen LogP contribution in [0.4, 0.5) is 5.69 Å². The Bertz CT molecular complexity index is 1140. The van der Waals surface area contributed by atoms with Gasteiger partial charge in [0.1, 0.15) is 5.78 Å². The van der Waals surface area contributed by atoms with Crippen LogP contribution in [-0.2, 0) is 19.6 Å². The normalized spacial score (nSPS) is 20.4. The van der Waals surface area contributed by atoms with Crippen molar-refractivity contribution in [2.75, 3.05) is 25.0 Å². The van der Waals surface area contributed by atoms with E-state index in [1.165, 1.54) is 0 Å². The molecule has 1 heterocycles. The highest BCUT2D eigenvalue weighted by Gasteiger charge is 2.38. The van der Waals surface area contributed by atoms with Crippen molar-refractivity contribution in [1.29, 1.82) is 0 Å². The minimum absolute atomic E-state index is 0.0940. The van der Waals surface area contributed by atoms with Crippen LogP contribution in [0.15, 0.2) is 53.4 Å². The van der Waals surface area contributed by atoms with Gasteiger partial charge >= 0.3 is 0 Å². The van der Waals surface area contributed by atoms with Gasteiger partial charge in [-0.05, 0) is 69.4 Å². The lowest BCUT2D eigenvalue weighted by atomic mass is 9.92. The van der Waals surface area contributed by atoms with Crippen LogP contribution in [0.3, 0.4) is 0 Å². The van der Waals surface area contributed by atoms with Crippen LogP contribution in [0.2, 0.25) is 0 Å². The highest BCUT2D eigenvalue weighted by Crippen LogP contribution is 2.29. The molecule has 0 radical (unpaired) electrons. The van der Waals surface area contributed by atoms with Crippen molar-refractivity contribution in [2.45, 2.75) is 70.4 Å². The Kier molecular flexibility index (Phi) is 8.85. The number of benzene rings is 2. The van der Waals surface area contributed by atoms with Crippen molar-refractivity contribution in [1.82, 2.24) is 9.21 Å². The Balaban J connectivity index is 1.68. The molecule has 1 amide bonds. The second-order valence-corrected chi connectivity index (χ2v) is 11.5. The van der Waals surface area contributed by atoms with Crippen molar-refractivity contribution in [3.05, 3.63) is 59.7 Å². The topological polar surface area (TPSA) is 86.8 Å². The molecule has 2 aromatic carbocycles. The highest BCUT2D eigenvalue weighted by molar-refractivity contribution is 7.89. The van der Waals surface area contributed by atoms with E-state index in [1.807, 2.05) is 69.0 Å². The fraction of sp³-hybridized carbons (Fsp3) is 0.481. The summed E-state index contributed by atoms with van der Waals surface area (Å²) in [7, 11) is -3.70. The zero-order valence-corrected chi connectivity index (χ0v) is 22.1. The van der Waals surface area contributed by atoms with Gasteiger partial charge in [-0.25, -0.2) is 8.42 Å². The zero-order valence-electron chi connectivity index (χ0n) is 21.3. The van der Waals surface area contributed by atoms with Crippen molar-refractivity contribution in [3.8, 4) is 0 Å². The van der Waals surface area contributed by atoms with Gasteiger partial charge in [0.15, 0.2) is 0 Å². The number of rotatable bonds is 9. The molecule has 0 aromatic heterocycles. The zero-order chi connectivity index (χ0) is 25.8. The maximum Gasteiger partial charge on any atom is 0.243 e. The summed E-state index contributed by atoms with van der Waals surface area (Å²) < 4.78 is 28.6. The maximum atomic E-state index is 13.5. The molecule has 3 rings (SSSR count). The molecular weight excluding hydrogens is 462 g/mol. The predicted octanol–water partition coefficient (Wildman–Crippen LogP) is 4.19. The standard InChI is InChI=1S/C27H37N3O4S/c1-6-23(15-22(5)31)24-11-13-25(14-12-24)35(33,34)30-20(3)16-29(17-21(30)4)18-27(32)28-26-10-8-7-9-19(26)2/h7-14,20-21,23H,6,15-18H2,1-5H3,(H,28,32)/t20-,21?,23?/m0/s1. The van der Waals surface area contributed by atoms with Gasteiger partial charge in [-0.1, -0.05) is 37.3 Å². The third-order valence-corrected chi connectivity index (χ3v) is 8.80. The number of hydrogen-bond donors (Lipinski definition) is 1. The first kappa shape index (κ1) is 27.0. The molecule has 3 atom stereocenters. The number of para-hydroxylation sites is 1. The van der Waals surface area contributed by atoms with Crippen molar-refractivity contribution < 1.29 is 18.0 Å². The number of nitrogens with one attached hydrogen (secondary N) is 1. The van der Waals surface area contributed by atoms with E-state index < -0.39 is 10.0 Å². The van der Waals surface area contributed by atoms with Gasteiger partial charge in [0.25, 0.3) is 0 Å². The van der Waals surface area contributed by atoms with E-state index in [0.717, 1.165) is 23.2 Å². The van der Waals surface area contributed by atoms with Crippen LogP contribution in [0.25, 0.3) is 0 Å². The summed E-state index contributed by atoms with van der Waals surface area (Å²) in [4.78, 5) is 26.4. The number of ketones is 1. The summed E-state index contributed by atoms with van der Waals surface area (Å²) in [6, 6.07) is 14.0. The number of piperazine rings is 1. The number of Topliss-reactive ketones (excluding diaryl/α,β-unsaturated/α-hetero) is 1. The molecule has 7 nitrogen and oxygen atoms in total. The maximum absolute atomic E-state index is 13.5. The molecule has 1 aliphatic heterocycles. The third kappa shape index (κ3) is 6.57. The Morgan fingerprint density at radius 2 is 1.63 bits per heavy atom. The molecular formula is C27H37N3O4S. The number of anilines is 1. The van der Waals surface area contributed by atoms with Crippen molar-refractivity contribution in [3.63, 3.8) is 0 Å². The summed E-state index contributed by atoms with van der Waals surface area (Å²) in [6.07, 6.45) is 1.27. The lowest BCUT2D eigenvalue weighted by Crippen LogP contribution is -2.59. The molecule has 1 N–H and O–H groups in total. The van der Waals surface area contributed by atoms with Gasteiger partial charge in [0.2, 0.25) is 15.9 Å². The fourth-order valence-corrected chi connectivity index (χ4v) is 6.81. The molecule has 0 aliphatic carbocycles. The van der Waals surface area contributed by atoms with Crippen LogP contribution in [0.5, 0.6) is 0 Å². The number of carbonyl (C=O) groups excluding carboxylic acids is 2. The van der Waals surface area contributed by atoms with E-state index in [2.05, 4.69) is 5.32 Å². The minimum Gasteiger partial charge on any atom is -0.325 e. The number of hydrogen-bond acceptors (Lipinski definition) is 5. The minimum atomic E-state index is -3.70. The smallest absolute Gasteiger partial charge is 0.243 e. The van der Waals surface area contributed by atoms with Crippen molar-refractivity contribution >= 4 is 27.4 Å². The van der Waals surface area contributed by atoms with Gasteiger partial charge in [0, 0.05) is 37.3 Å². The van der Waals surface area contributed by atoms with Crippen LogP contribution >= 0.6 is 0 Å². The van der Waals surface area contributed by atoms with Crippen LogP contribution < -0.4 is 5.32 Å². The Morgan fingerprint density at radius 1 is 1.03 bits per heavy atom. The average molecular weight is 500 g/mol. The predicted molar refractivity (Wildman–Crippen MR) is 139 cm³/mol. The first-order chi connectivity index (χ1) is 16.5. The van der Waals surface area contributed by atoms with E-state index in [9.17, 15) is 18.0 Å². The number of carbonyl (C=O) groups is 2. The lowest BCUT2D eigenvalue weighted by Gasteiger charge is -2.43. The highest BCUT2D eigenvalue weighted by atomic mass is 32.2. The average Bonchev–Trinajstić information content (AvgIpc) is 2.78. The molecule has 1 fully saturated rings. The molecule has 0 spiro atoms. The summed E-state index contributed by atoms with van der Waals surface area (Å²) in [5.74, 6) is 0.111. The number of amides is 1. The fourth-order valence-electron chi connectivity index (χ4n) is 5.00. The third-order valence-electron chi connectivity index (χ3n) is 6.65. The molecule has 8 heteroatoms. The number of nitrogens with zero attached hydrogens (tertiary/aromatic N) is 2. The van der Waals surface area contributed by atoms with Crippen LogP contribution in [0, 0.1) is 6.92 Å². The Hall–Kier alpha value is -2.55. The first-order valence-electron chi connectivity index (χ1n) is 12.2. The number of aryl methyl sites for hydroxylation is 1. The number of sulfonamides is 1. The van der Waals surface area contributed by atoms with Gasteiger partial charge in [0.05, 0.1) is 11.4 Å². The molecule has 1 saturated heterocycles. The van der Waals surface area contributed by atoms with Gasteiger partial charge < -0.3 is 10.1 Å². The van der Waals surface area contributed by atoms with E-state index in [-0.39, 0.29) is 41.1 Å². The molecule has 2 unspecified atom stereocenters. The van der Waals surface area contributed by atoms with Crippen molar-refractivity contribution in [2.24, 2.45) is 0 Å². The molecule has 190 valence electrons. The van der Waals surface area contributed by atoms with E-state index in [0.29, 0.717) is 19.5 Å². The van der Waals surface area contributed by atoms with E-state index in [4.69, 9.17) is 0 Å². The second kappa shape index (κ2) is 11.5. The summed E-state index contributed by atoms with van der Waals surface area (Å²) >= 11 is 0. The summed E-state index contributed by atoms with van der Waals surface area (Å²) in [5.41, 5.74) is 2.76. The molecule has 2 aromatic rings. The largest absolute Gasteiger partial charge is 0.325 e. The quantitative estimate of drug-likeness (QED) is 0.559. The van der Waals surface area contributed by atoms with Crippen LogP contribution in [-0.4, -0.2) is 61.0 Å². The SMILES string of the molecule is CCC(CC(C)=O)c1ccc(S(=O)(=O)N2C(C)CN(CC(=O)Nc3ccccc3C)C[C@@H]2C)cc1. The Labute approximate surface area is 209 Å². The van der Waals surface area contributed by atoms with Gasteiger partial charge in [-0.2, -0.15) is 4.31 Å². The lowest BCUT2D eigenvalue weighted by molar-refractivity contribution is -0.118. The van der Waals surface area contributed by atoms with Gasteiger partial charge in [-0.3, -0.25) is 9.69 Å². The molecule has 0 bridgehead atoms. The molecule has 0 saturated carbocycles. The molecule has 35 heavy (non-hydrogen) atoms.